The van der Waals surface area contributed by atoms with Crippen molar-refractivity contribution in [1.29, 1.82) is 0 Å². The standard InChI is InChI=1S/C13H13FN6O/c1-15-6-11-7-20(19-17-11)8-12-16-13(18-21-12)9-2-4-10(14)5-3-9/h2-5,7,15H,6,8H2,1H3. The first kappa shape index (κ1) is 13.4. The largest absolute Gasteiger partial charge is 0.337 e. The van der Waals surface area contributed by atoms with Gasteiger partial charge in [-0.1, -0.05) is 10.4 Å². The monoisotopic (exact) mass is 288 g/mol. The number of halogens is 1. The van der Waals surface area contributed by atoms with Crippen molar-refractivity contribution in [3.63, 3.8) is 0 Å². The van der Waals surface area contributed by atoms with E-state index in [1.165, 1.54) is 12.1 Å². The summed E-state index contributed by atoms with van der Waals surface area (Å²) in [5.41, 5.74) is 1.52. The van der Waals surface area contributed by atoms with Gasteiger partial charge in [-0.25, -0.2) is 9.07 Å². The van der Waals surface area contributed by atoms with Crippen LogP contribution in [0.25, 0.3) is 11.4 Å². The Morgan fingerprint density at radius 3 is 2.86 bits per heavy atom. The molecule has 0 aliphatic heterocycles. The molecule has 0 aliphatic rings. The van der Waals surface area contributed by atoms with Crippen molar-refractivity contribution in [2.45, 2.75) is 13.1 Å². The summed E-state index contributed by atoms with van der Waals surface area (Å²) in [6.07, 6.45) is 1.80. The molecule has 1 N–H and O–H groups in total. The Morgan fingerprint density at radius 2 is 2.10 bits per heavy atom. The summed E-state index contributed by atoms with van der Waals surface area (Å²) in [6.45, 7) is 0.982. The highest BCUT2D eigenvalue weighted by Gasteiger charge is 2.10. The summed E-state index contributed by atoms with van der Waals surface area (Å²) in [7, 11) is 1.84. The van der Waals surface area contributed by atoms with Crippen LogP contribution in [-0.4, -0.2) is 32.2 Å². The van der Waals surface area contributed by atoms with Crippen LogP contribution in [0.1, 0.15) is 11.6 Å². The van der Waals surface area contributed by atoms with Crippen LogP contribution in [0.4, 0.5) is 4.39 Å². The van der Waals surface area contributed by atoms with Crippen LogP contribution in [-0.2, 0) is 13.1 Å². The second kappa shape index (κ2) is 5.80. The molecule has 2 heterocycles. The van der Waals surface area contributed by atoms with Gasteiger partial charge in [0.15, 0.2) is 0 Å². The van der Waals surface area contributed by atoms with Gasteiger partial charge in [0.05, 0.1) is 11.9 Å². The third-order valence-corrected chi connectivity index (χ3v) is 2.81. The molecule has 108 valence electrons. The molecule has 7 nitrogen and oxygen atoms in total. The summed E-state index contributed by atoms with van der Waals surface area (Å²) in [6, 6.07) is 5.91. The molecule has 1 aromatic carbocycles. The van der Waals surface area contributed by atoms with Crippen LogP contribution < -0.4 is 5.32 Å². The molecule has 0 saturated carbocycles. The second-order valence-corrected chi connectivity index (χ2v) is 4.46. The van der Waals surface area contributed by atoms with E-state index in [1.54, 1.807) is 23.0 Å². The van der Waals surface area contributed by atoms with Crippen molar-refractivity contribution in [3.05, 3.63) is 47.9 Å². The Labute approximate surface area is 119 Å². The van der Waals surface area contributed by atoms with Gasteiger partial charge in [-0.15, -0.1) is 5.10 Å². The maximum Gasteiger partial charge on any atom is 0.248 e. The highest BCUT2D eigenvalue weighted by Crippen LogP contribution is 2.16. The lowest BCUT2D eigenvalue weighted by atomic mass is 10.2. The molecular formula is C13H13FN6O. The van der Waals surface area contributed by atoms with E-state index in [9.17, 15) is 4.39 Å². The fraction of sp³-hybridized carbons (Fsp3) is 0.231. The van der Waals surface area contributed by atoms with Gasteiger partial charge in [0.2, 0.25) is 11.7 Å². The smallest absolute Gasteiger partial charge is 0.248 e. The molecule has 0 bridgehead atoms. The molecule has 0 unspecified atom stereocenters. The van der Waals surface area contributed by atoms with Crippen LogP contribution in [0.2, 0.25) is 0 Å². The lowest BCUT2D eigenvalue weighted by Crippen LogP contribution is -2.05. The Balaban J connectivity index is 1.73. The van der Waals surface area contributed by atoms with Gasteiger partial charge in [-0.2, -0.15) is 4.98 Å². The van der Waals surface area contributed by atoms with Gasteiger partial charge in [0.25, 0.3) is 0 Å². The van der Waals surface area contributed by atoms with Crippen molar-refractivity contribution in [2.24, 2.45) is 0 Å². The van der Waals surface area contributed by atoms with Gasteiger partial charge >= 0.3 is 0 Å². The summed E-state index contributed by atoms with van der Waals surface area (Å²) in [4.78, 5) is 4.26. The van der Waals surface area contributed by atoms with E-state index < -0.39 is 0 Å². The van der Waals surface area contributed by atoms with Gasteiger partial charge in [0.1, 0.15) is 12.4 Å². The van der Waals surface area contributed by atoms with Crippen LogP contribution in [0.15, 0.2) is 35.0 Å². The van der Waals surface area contributed by atoms with E-state index in [0.29, 0.717) is 30.4 Å². The van der Waals surface area contributed by atoms with Crippen molar-refractivity contribution >= 4 is 0 Å². The highest BCUT2D eigenvalue weighted by atomic mass is 19.1. The molecule has 2 aromatic heterocycles. The Bertz CT molecular complexity index is 720. The van der Waals surface area contributed by atoms with E-state index in [4.69, 9.17) is 4.52 Å². The predicted octanol–water partition coefficient (Wildman–Crippen LogP) is 1.23. The Hall–Kier alpha value is -2.61. The number of nitrogens with one attached hydrogen (secondary N) is 1. The minimum atomic E-state index is -0.304. The average molecular weight is 288 g/mol. The molecular weight excluding hydrogens is 275 g/mol. The molecule has 3 rings (SSSR count). The predicted molar refractivity (Wildman–Crippen MR) is 71.6 cm³/mol. The number of nitrogens with zero attached hydrogens (tertiary/aromatic N) is 5. The summed E-state index contributed by atoms with van der Waals surface area (Å²) >= 11 is 0. The summed E-state index contributed by atoms with van der Waals surface area (Å²) in [5.74, 6) is 0.526. The number of benzene rings is 1. The first-order chi connectivity index (χ1) is 10.2. The van der Waals surface area contributed by atoms with E-state index >= 15 is 0 Å². The van der Waals surface area contributed by atoms with E-state index in [-0.39, 0.29) is 5.82 Å². The first-order valence-corrected chi connectivity index (χ1v) is 6.37. The van der Waals surface area contributed by atoms with Crippen molar-refractivity contribution in [3.8, 4) is 11.4 Å². The van der Waals surface area contributed by atoms with Gasteiger partial charge in [-0.3, -0.25) is 0 Å². The SMILES string of the molecule is CNCc1cn(Cc2nc(-c3ccc(F)cc3)no2)nn1. The highest BCUT2D eigenvalue weighted by molar-refractivity contribution is 5.53. The van der Waals surface area contributed by atoms with Crippen LogP contribution in [0, 0.1) is 5.82 Å². The molecule has 0 atom stereocenters. The van der Waals surface area contributed by atoms with Crippen molar-refractivity contribution in [1.82, 2.24) is 30.5 Å². The fourth-order valence-corrected chi connectivity index (χ4v) is 1.85. The lowest BCUT2D eigenvalue weighted by Gasteiger charge is -1.94. The Morgan fingerprint density at radius 1 is 1.29 bits per heavy atom. The molecule has 0 saturated heterocycles. The first-order valence-electron chi connectivity index (χ1n) is 6.37. The molecule has 0 aliphatic carbocycles. The Kier molecular flexibility index (Phi) is 3.69. The quantitative estimate of drug-likeness (QED) is 0.760. The van der Waals surface area contributed by atoms with Gasteiger partial charge < -0.3 is 9.84 Å². The molecule has 0 radical (unpaired) electrons. The molecule has 0 amide bonds. The molecule has 21 heavy (non-hydrogen) atoms. The van der Waals surface area contributed by atoms with Gasteiger partial charge in [0, 0.05) is 12.1 Å². The zero-order valence-electron chi connectivity index (χ0n) is 11.3. The summed E-state index contributed by atoms with van der Waals surface area (Å²) in [5, 5.41) is 14.8. The van der Waals surface area contributed by atoms with E-state index in [0.717, 1.165) is 5.69 Å². The lowest BCUT2D eigenvalue weighted by molar-refractivity contribution is 0.364. The van der Waals surface area contributed by atoms with Crippen LogP contribution >= 0.6 is 0 Å². The van der Waals surface area contributed by atoms with E-state index in [1.807, 2.05) is 7.05 Å². The number of hydrogen-bond donors (Lipinski definition) is 1. The zero-order chi connectivity index (χ0) is 14.7. The maximum absolute atomic E-state index is 12.9. The summed E-state index contributed by atoms with van der Waals surface area (Å²) < 4.78 is 19.7. The van der Waals surface area contributed by atoms with E-state index in [2.05, 4.69) is 25.8 Å². The average Bonchev–Trinajstić information content (AvgIpc) is 3.11. The van der Waals surface area contributed by atoms with Crippen LogP contribution in [0.5, 0.6) is 0 Å². The number of hydrogen-bond acceptors (Lipinski definition) is 6. The molecule has 0 fully saturated rings. The van der Waals surface area contributed by atoms with Crippen LogP contribution in [0.3, 0.4) is 0 Å². The fourth-order valence-electron chi connectivity index (χ4n) is 1.85. The van der Waals surface area contributed by atoms with Crippen molar-refractivity contribution in [2.75, 3.05) is 7.05 Å². The molecule has 0 spiro atoms. The maximum atomic E-state index is 12.9. The molecule has 8 heteroatoms. The minimum absolute atomic E-state index is 0.304. The third kappa shape index (κ3) is 3.11. The molecule has 3 aromatic rings. The topological polar surface area (TPSA) is 81.7 Å². The zero-order valence-corrected chi connectivity index (χ0v) is 11.3. The van der Waals surface area contributed by atoms with Crippen molar-refractivity contribution < 1.29 is 8.91 Å². The normalized spacial score (nSPS) is 11.0. The minimum Gasteiger partial charge on any atom is -0.337 e. The second-order valence-electron chi connectivity index (χ2n) is 4.46. The number of rotatable bonds is 5. The van der Waals surface area contributed by atoms with Gasteiger partial charge in [-0.05, 0) is 31.3 Å². The number of aromatic nitrogens is 5. The third-order valence-electron chi connectivity index (χ3n) is 2.81.